The Kier molecular flexibility index (Phi) is 3.77. The number of nitrogens with zero attached hydrogens (tertiary/aromatic N) is 3. The molecule has 0 amide bonds. The zero-order chi connectivity index (χ0) is 19.2. The van der Waals surface area contributed by atoms with Crippen molar-refractivity contribution in [2.75, 3.05) is 7.11 Å². The van der Waals surface area contributed by atoms with Crippen LogP contribution in [0.1, 0.15) is 10.4 Å². The quantitative estimate of drug-likeness (QED) is 0.526. The van der Waals surface area contributed by atoms with Gasteiger partial charge in [-0.3, -0.25) is 4.79 Å². The zero-order valence-corrected chi connectivity index (χ0v) is 14.7. The van der Waals surface area contributed by atoms with Crippen molar-refractivity contribution in [3.05, 3.63) is 64.4 Å². The van der Waals surface area contributed by atoms with Gasteiger partial charge in [0.1, 0.15) is 0 Å². The van der Waals surface area contributed by atoms with Gasteiger partial charge in [0.15, 0.2) is 5.65 Å². The maximum Gasteiger partial charge on any atom is 0.337 e. The first kappa shape index (κ1) is 16.9. The fourth-order valence-electron chi connectivity index (χ4n) is 2.74. The number of carbonyl (C=O) groups excluding carboxylic acids is 1. The molecule has 0 spiro atoms. The molecule has 2 aromatic heterocycles. The molecule has 10 heteroatoms. The first-order valence-electron chi connectivity index (χ1n) is 7.73. The minimum absolute atomic E-state index is 0.0247. The number of sulfone groups is 1. The number of hydrogen-bond acceptors (Lipinski definition) is 7. The summed E-state index contributed by atoms with van der Waals surface area (Å²) in [4.78, 5) is 28.1. The molecule has 0 radical (unpaired) electrons. The summed E-state index contributed by atoms with van der Waals surface area (Å²) in [5, 5.41) is 6.24. The Morgan fingerprint density at radius 3 is 2.59 bits per heavy atom. The van der Waals surface area contributed by atoms with E-state index in [-0.39, 0.29) is 32.0 Å². The number of hydrogen-bond donors (Lipinski definition) is 1. The van der Waals surface area contributed by atoms with Gasteiger partial charge in [-0.25, -0.2) is 22.9 Å². The van der Waals surface area contributed by atoms with E-state index in [9.17, 15) is 18.0 Å². The van der Waals surface area contributed by atoms with Crippen LogP contribution in [-0.4, -0.2) is 41.3 Å². The molecule has 0 bridgehead atoms. The highest BCUT2D eigenvalue weighted by atomic mass is 32.2. The predicted octanol–water partition coefficient (Wildman–Crippen LogP) is 1.19. The molecular weight excluding hydrogens is 372 g/mol. The molecule has 27 heavy (non-hydrogen) atoms. The summed E-state index contributed by atoms with van der Waals surface area (Å²) in [6.45, 7) is 0. The van der Waals surface area contributed by atoms with Crippen LogP contribution in [0.5, 0.6) is 0 Å². The van der Waals surface area contributed by atoms with E-state index < -0.39 is 21.4 Å². The number of esters is 1. The topological polar surface area (TPSA) is 123 Å². The number of fused-ring (bicyclic) bond motifs is 3. The van der Waals surface area contributed by atoms with Gasteiger partial charge in [-0.1, -0.05) is 18.2 Å². The number of aromatic amines is 1. The van der Waals surface area contributed by atoms with Crippen molar-refractivity contribution >= 4 is 32.4 Å². The number of rotatable bonds is 3. The molecule has 4 rings (SSSR count). The highest BCUT2D eigenvalue weighted by Crippen LogP contribution is 2.23. The van der Waals surface area contributed by atoms with Gasteiger partial charge < -0.3 is 4.74 Å². The monoisotopic (exact) mass is 384 g/mol. The molecule has 0 saturated carbocycles. The van der Waals surface area contributed by atoms with Crippen LogP contribution in [0.2, 0.25) is 0 Å². The Labute approximate surface area is 152 Å². The molecular formula is C17H12N4O5S. The summed E-state index contributed by atoms with van der Waals surface area (Å²) < 4.78 is 31.7. The average Bonchev–Trinajstić information content (AvgIpc) is 3.12. The van der Waals surface area contributed by atoms with Crippen molar-refractivity contribution in [2.45, 2.75) is 9.92 Å². The van der Waals surface area contributed by atoms with Gasteiger partial charge in [0, 0.05) is 0 Å². The second kappa shape index (κ2) is 6.02. The molecule has 0 unspecified atom stereocenters. The Hall–Kier alpha value is -3.53. The number of carbonyl (C=O) groups is 1. The third-order valence-corrected chi connectivity index (χ3v) is 5.74. The number of aromatic nitrogens is 4. The predicted molar refractivity (Wildman–Crippen MR) is 94.3 cm³/mol. The Morgan fingerprint density at radius 2 is 1.89 bits per heavy atom. The normalized spacial score (nSPS) is 11.7. The standard InChI is InChI=1S/C17H12N4O5S/c1-26-17(23)10-7-8-12-13(9-10)21-14(18-15(12)22)16(19-20-21)27(24,25)11-5-3-2-4-6-11/h2-9,20H,1H3. The molecule has 0 fully saturated rings. The second-order valence-corrected chi connectivity index (χ2v) is 7.50. The van der Waals surface area contributed by atoms with Crippen LogP contribution in [0, 0.1) is 0 Å². The SMILES string of the molecule is COC(=O)c1ccc2c(=O)nc3c(S(=O)(=O)c4ccccc4)n[nH]n3c2c1. The van der Waals surface area contributed by atoms with E-state index in [4.69, 9.17) is 0 Å². The summed E-state index contributed by atoms with van der Waals surface area (Å²) in [6, 6.07) is 12.0. The van der Waals surface area contributed by atoms with Crippen LogP contribution < -0.4 is 5.56 Å². The van der Waals surface area contributed by atoms with E-state index in [0.717, 1.165) is 0 Å². The summed E-state index contributed by atoms with van der Waals surface area (Å²) in [5.74, 6) is -0.591. The summed E-state index contributed by atoms with van der Waals surface area (Å²) in [5.41, 5.74) is -0.327. The molecule has 0 aliphatic carbocycles. The van der Waals surface area contributed by atoms with Gasteiger partial charge in [-0.2, -0.15) is 4.98 Å². The third kappa shape index (κ3) is 2.57. The van der Waals surface area contributed by atoms with Crippen molar-refractivity contribution in [3.63, 3.8) is 0 Å². The van der Waals surface area contributed by atoms with E-state index in [1.807, 2.05) is 0 Å². The molecule has 1 N–H and O–H groups in total. The molecule has 4 aromatic rings. The Bertz CT molecular complexity index is 1360. The fourth-order valence-corrected chi connectivity index (χ4v) is 4.02. The van der Waals surface area contributed by atoms with E-state index in [1.54, 1.807) is 18.2 Å². The van der Waals surface area contributed by atoms with Gasteiger partial charge in [0.05, 0.1) is 28.5 Å². The number of methoxy groups -OCH3 is 1. The number of nitrogens with one attached hydrogen (secondary N) is 1. The van der Waals surface area contributed by atoms with Gasteiger partial charge in [-0.05, 0) is 30.3 Å². The lowest BCUT2D eigenvalue weighted by Gasteiger charge is -2.04. The number of benzene rings is 2. The van der Waals surface area contributed by atoms with Gasteiger partial charge in [0.2, 0.25) is 14.9 Å². The van der Waals surface area contributed by atoms with Gasteiger partial charge in [-0.15, -0.1) is 5.10 Å². The van der Waals surface area contributed by atoms with E-state index >= 15 is 0 Å². The average molecular weight is 384 g/mol. The van der Waals surface area contributed by atoms with Crippen LogP contribution in [0.4, 0.5) is 0 Å². The van der Waals surface area contributed by atoms with Crippen molar-refractivity contribution in [1.82, 2.24) is 19.8 Å². The van der Waals surface area contributed by atoms with E-state index in [2.05, 4.69) is 20.0 Å². The summed E-state index contributed by atoms with van der Waals surface area (Å²) >= 11 is 0. The van der Waals surface area contributed by atoms with E-state index in [1.165, 1.54) is 42.0 Å². The van der Waals surface area contributed by atoms with Crippen LogP contribution >= 0.6 is 0 Å². The molecule has 2 aromatic carbocycles. The maximum absolute atomic E-state index is 12.9. The second-order valence-electron chi connectivity index (χ2n) is 5.63. The molecule has 2 heterocycles. The molecule has 0 atom stereocenters. The van der Waals surface area contributed by atoms with Crippen LogP contribution in [0.15, 0.2) is 63.2 Å². The molecule has 0 saturated heterocycles. The number of H-pyrrole nitrogens is 1. The summed E-state index contributed by atoms with van der Waals surface area (Å²) in [6.07, 6.45) is 0. The Balaban J connectivity index is 2.04. The first-order valence-corrected chi connectivity index (χ1v) is 9.21. The first-order chi connectivity index (χ1) is 12.9. The highest BCUT2D eigenvalue weighted by Gasteiger charge is 2.26. The fraction of sp³-hybridized carbons (Fsp3) is 0.0588. The zero-order valence-electron chi connectivity index (χ0n) is 13.9. The minimum atomic E-state index is -3.99. The van der Waals surface area contributed by atoms with Crippen LogP contribution in [-0.2, 0) is 14.6 Å². The minimum Gasteiger partial charge on any atom is -0.465 e. The number of ether oxygens (including phenoxy) is 1. The van der Waals surface area contributed by atoms with E-state index in [0.29, 0.717) is 0 Å². The molecule has 136 valence electrons. The van der Waals surface area contributed by atoms with Crippen LogP contribution in [0.25, 0.3) is 16.6 Å². The lowest BCUT2D eigenvalue weighted by Crippen LogP contribution is -2.13. The molecule has 0 aliphatic heterocycles. The maximum atomic E-state index is 12.9. The van der Waals surface area contributed by atoms with Crippen molar-refractivity contribution in [2.24, 2.45) is 0 Å². The van der Waals surface area contributed by atoms with Crippen LogP contribution in [0.3, 0.4) is 0 Å². The van der Waals surface area contributed by atoms with Crippen molar-refractivity contribution in [1.29, 1.82) is 0 Å². The van der Waals surface area contributed by atoms with Crippen molar-refractivity contribution in [3.8, 4) is 0 Å². The summed E-state index contributed by atoms with van der Waals surface area (Å²) in [7, 11) is -2.76. The lowest BCUT2D eigenvalue weighted by molar-refractivity contribution is 0.0601. The lowest BCUT2D eigenvalue weighted by atomic mass is 10.1. The van der Waals surface area contributed by atoms with Gasteiger partial charge in [0.25, 0.3) is 5.56 Å². The Morgan fingerprint density at radius 1 is 1.15 bits per heavy atom. The molecule has 0 aliphatic rings. The van der Waals surface area contributed by atoms with Crippen molar-refractivity contribution < 1.29 is 17.9 Å². The molecule has 9 nitrogen and oxygen atoms in total. The highest BCUT2D eigenvalue weighted by molar-refractivity contribution is 7.91. The third-order valence-electron chi connectivity index (χ3n) is 4.06. The smallest absolute Gasteiger partial charge is 0.337 e. The van der Waals surface area contributed by atoms with Gasteiger partial charge >= 0.3 is 5.97 Å². The largest absolute Gasteiger partial charge is 0.465 e.